The van der Waals surface area contributed by atoms with Crippen LogP contribution >= 0.6 is 0 Å². The second kappa shape index (κ2) is 3.01. The zero-order chi connectivity index (χ0) is 9.54. The average Bonchev–Trinajstić information content (AvgIpc) is 2.59. The summed E-state index contributed by atoms with van der Waals surface area (Å²) in [5.41, 5.74) is 4.43. The predicted molar refractivity (Wildman–Crippen MR) is 59.8 cm³/mol. The van der Waals surface area contributed by atoms with Crippen LogP contribution in [0.25, 0.3) is 0 Å². The van der Waals surface area contributed by atoms with E-state index in [1.54, 1.807) is 5.56 Å². The average molecular weight is 187 g/mol. The number of benzene rings is 1. The zero-order valence-corrected chi connectivity index (χ0v) is 8.72. The normalized spacial score (nSPS) is 29.2. The van der Waals surface area contributed by atoms with Crippen LogP contribution in [-0.4, -0.2) is 6.04 Å². The van der Waals surface area contributed by atoms with E-state index in [1.807, 2.05) is 0 Å². The molecule has 1 aromatic rings. The second-order valence-corrected chi connectivity index (χ2v) is 4.68. The number of nitrogens with one attached hydrogen (secondary N) is 1. The number of rotatable bonds is 0. The SMILES string of the molecule is Cc1cccc2c1NC1CCCC[C@@H]21. The molecule has 2 atom stereocenters. The molecule has 74 valence electrons. The highest BCUT2D eigenvalue weighted by Gasteiger charge is 2.34. The van der Waals surface area contributed by atoms with Gasteiger partial charge < -0.3 is 5.32 Å². The molecule has 1 saturated carbocycles. The van der Waals surface area contributed by atoms with Crippen LogP contribution in [0.1, 0.15) is 42.7 Å². The van der Waals surface area contributed by atoms with Crippen molar-refractivity contribution in [2.24, 2.45) is 0 Å². The van der Waals surface area contributed by atoms with Gasteiger partial charge in [-0.25, -0.2) is 0 Å². The summed E-state index contributed by atoms with van der Waals surface area (Å²) in [5, 5.41) is 3.70. The Labute approximate surface area is 85.5 Å². The van der Waals surface area contributed by atoms with Gasteiger partial charge in [-0.3, -0.25) is 0 Å². The van der Waals surface area contributed by atoms with Gasteiger partial charge in [-0.05, 0) is 30.9 Å². The Bertz CT molecular complexity index is 356. The van der Waals surface area contributed by atoms with Crippen molar-refractivity contribution in [1.82, 2.24) is 0 Å². The molecule has 1 heteroatoms. The van der Waals surface area contributed by atoms with Crippen molar-refractivity contribution < 1.29 is 0 Å². The fourth-order valence-electron chi connectivity index (χ4n) is 3.06. The van der Waals surface area contributed by atoms with Crippen LogP contribution in [0, 0.1) is 6.92 Å². The molecule has 1 aromatic carbocycles. The quantitative estimate of drug-likeness (QED) is 0.656. The third-order valence-corrected chi connectivity index (χ3v) is 3.80. The second-order valence-electron chi connectivity index (χ2n) is 4.68. The van der Waals surface area contributed by atoms with E-state index >= 15 is 0 Å². The Morgan fingerprint density at radius 3 is 3.00 bits per heavy atom. The molecule has 0 bridgehead atoms. The van der Waals surface area contributed by atoms with Gasteiger partial charge in [0.15, 0.2) is 0 Å². The van der Waals surface area contributed by atoms with E-state index in [0.717, 1.165) is 12.0 Å². The Morgan fingerprint density at radius 2 is 2.07 bits per heavy atom. The molecule has 0 aromatic heterocycles. The molecule has 2 aliphatic rings. The van der Waals surface area contributed by atoms with E-state index in [1.165, 1.54) is 36.9 Å². The topological polar surface area (TPSA) is 12.0 Å². The molecule has 1 unspecified atom stereocenters. The van der Waals surface area contributed by atoms with Crippen LogP contribution in [-0.2, 0) is 0 Å². The highest BCUT2D eigenvalue weighted by Crippen LogP contribution is 2.44. The Hall–Kier alpha value is -0.980. The highest BCUT2D eigenvalue weighted by molar-refractivity contribution is 5.64. The first-order valence-electron chi connectivity index (χ1n) is 5.72. The summed E-state index contributed by atoms with van der Waals surface area (Å²) in [7, 11) is 0. The summed E-state index contributed by atoms with van der Waals surface area (Å²) in [4.78, 5) is 0. The third-order valence-electron chi connectivity index (χ3n) is 3.80. The van der Waals surface area contributed by atoms with Crippen LogP contribution in [0.3, 0.4) is 0 Å². The number of aryl methyl sites for hydroxylation is 1. The molecule has 0 amide bonds. The van der Waals surface area contributed by atoms with Gasteiger partial charge >= 0.3 is 0 Å². The molecule has 3 rings (SSSR count). The number of para-hydroxylation sites is 1. The van der Waals surface area contributed by atoms with Gasteiger partial charge in [0.25, 0.3) is 0 Å². The molecule has 1 aliphatic heterocycles. The molecule has 0 spiro atoms. The van der Waals surface area contributed by atoms with Gasteiger partial charge in [0.05, 0.1) is 0 Å². The fraction of sp³-hybridized carbons (Fsp3) is 0.538. The van der Waals surface area contributed by atoms with Crippen LogP contribution in [0.15, 0.2) is 18.2 Å². The highest BCUT2D eigenvalue weighted by atomic mass is 15.0. The first kappa shape index (κ1) is 8.34. The van der Waals surface area contributed by atoms with E-state index < -0.39 is 0 Å². The largest absolute Gasteiger partial charge is 0.381 e. The smallest absolute Gasteiger partial charge is 0.0408 e. The van der Waals surface area contributed by atoms with E-state index in [2.05, 4.69) is 30.4 Å². The van der Waals surface area contributed by atoms with Crippen LogP contribution in [0.2, 0.25) is 0 Å². The third kappa shape index (κ3) is 1.08. The summed E-state index contributed by atoms with van der Waals surface area (Å²) in [6.45, 7) is 2.21. The summed E-state index contributed by atoms with van der Waals surface area (Å²) in [6, 6.07) is 7.46. The first-order valence-corrected chi connectivity index (χ1v) is 5.72. The van der Waals surface area contributed by atoms with Gasteiger partial charge in [0.1, 0.15) is 0 Å². The Balaban J connectivity index is 2.05. The van der Waals surface area contributed by atoms with Crippen LogP contribution in [0.5, 0.6) is 0 Å². The maximum absolute atomic E-state index is 3.70. The predicted octanol–water partition coefficient (Wildman–Crippen LogP) is 3.45. The number of hydrogen-bond donors (Lipinski definition) is 1. The lowest BCUT2D eigenvalue weighted by molar-refractivity contribution is 0.422. The molecule has 1 fully saturated rings. The van der Waals surface area contributed by atoms with Gasteiger partial charge in [0.2, 0.25) is 0 Å². The molecule has 0 radical (unpaired) electrons. The van der Waals surface area contributed by atoms with Crippen LogP contribution < -0.4 is 5.32 Å². The maximum atomic E-state index is 3.70. The number of anilines is 1. The molecule has 14 heavy (non-hydrogen) atoms. The van der Waals surface area contributed by atoms with Crippen molar-refractivity contribution in [3.8, 4) is 0 Å². The minimum Gasteiger partial charge on any atom is -0.381 e. The molecular formula is C13H17N. The summed E-state index contributed by atoms with van der Waals surface area (Å²) < 4.78 is 0. The molecule has 1 N–H and O–H groups in total. The Kier molecular flexibility index (Phi) is 1.79. The number of hydrogen-bond acceptors (Lipinski definition) is 1. The zero-order valence-electron chi connectivity index (χ0n) is 8.72. The molecule has 1 aliphatic carbocycles. The molecule has 1 heterocycles. The fourth-order valence-corrected chi connectivity index (χ4v) is 3.06. The summed E-state index contributed by atoms with van der Waals surface area (Å²) >= 11 is 0. The van der Waals surface area contributed by atoms with E-state index in [4.69, 9.17) is 0 Å². The summed E-state index contributed by atoms with van der Waals surface area (Å²) in [5.74, 6) is 0.804. The van der Waals surface area contributed by atoms with Crippen molar-refractivity contribution in [3.05, 3.63) is 29.3 Å². The number of fused-ring (bicyclic) bond motifs is 3. The van der Waals surface area contributed by atoms with Crippen molar-refractivity contribution in [3.63, 3.8) is 0 Å². The van der Waals surface area contributed by atoms with Gasteiger partial charge in [-0.1, -0.05) is 31.0 Å². The van der Waals surface area contributed by atoms with Crippen molar-refractivity contribution in [2.45, 2.75) is 44.6 Å². The van der Waals surface area contributed by atoms with E-state index in [-0.39, 0.29) is 0 Å². The summed E-state index contributed by atoms with van der Waals surface area (Å²) in [6.07, 6.45) is 5.56. The van der Waals surface area contributed by atoms with Crippen LogP contribution in [0.4, 0.5) is 5.69 Å². The van der Waals surface area contributed by atoms with Crippen molar-refractivity contribution in [1.29, 1.82) is 0 Å². The van der Waals surface area contributed by atoms with Crippen molar-refractivity contribution in [2.75, 3.05) is 5.32 Å². The van der Waals surface area contributed by atoms with Gasteiger partial charge in [-0.2, -0.15) is 0 Å². The van der Waals surface area contributed by atoms with Gasteiger partial charge in [-0.15, -0.1) is 0 Å². The standard InChI is InChI=1S/C13H17N/c1-9-5-4-7-11-10-6-2-3-8-12(10)14-13(9)11/h4-5,7,10,12,14H,2-3,6,8H2,1H3/t10-,12?/m0/s1. The Morgan fingerprint density at radius 1 is 1.21 bits per heavy atom. The van der Waals surface area contributed by atoms with E-state index in [0.29, 0.717) is 0 Å². The lowest BCUT2D eigenvalue weighted by Crippen LogP contribution is -2.23. The lowest BCUT2D eigenvalue weighted by atomic mass is 9.82. The maximum Gasteiger partial charge on any atom is 0.0408 e. The van der Waals surface area contributed by atoms with Gasteiger partial charge in [0, 0.05) is 17.6 Å². The molecular weight excluding hydrogens is 170 g/mol. The molecule has 1 nitrogen and oxygen atoms in total. The minimum absolute atomic E-state index is 0.736. The van der Waals surface area contributed by atoms with E-state index in [9.17, 15) is 0 Å². The minimum atomic E-state index is 0.736. The monoisotopic (exact) mass is 187 g/mol. The first-order chi connectivity index (χ1) is 6.86. The molecule has 0 saturated heterocycles. The lowest BCUT2D eigenvalue weighted by Gasteiger charge is -2.25. The van der Waals surface area contributed by atoms with Crippen molar-refractivity contribution >= 4 is 5.69 Å².